The van der Waals surface area contributed by atoms with E-state index in [2.05, 4.69) is 4.98 Å². The van der Waals surface area contributed by atoms with Crippen LogP contribution in [0.15, 0.2) is 29.1 Å². The smallest absolute Gasteiger partial charge is 0.266 e. The molecule has 90 valence electrons. The van der Waals surface area contributed by atoms with Gasteiger partial charge in [0.1, 0.15) is 17.4 Å². The first-order valence-electron chi connectivity index (χ1n) is 5.26. The summed E-state index contributed by atoms with van der Waals surface area (Å²) < 4.78 is 0. The van der Waals surface area contributed by atoms with E-state index in [1.165, 1.54) is 12.1 Å². The highest BCUT2D eigenvalue weighted by atomic mass is 16.3. The minimum atomic E-state index is -0.412. The quantitative estimate of drug-likeness (QED) is 0.520. The maximum Gasteiger partial charge on any atom is 0.266 e. The number of aryl methyl sites for hydroxylation is 1. The normalized spacial score (nSPS) is 10.0. The van der Waals surface area contributed by atoms with Crippen molar-refractivity contribution in [3.63, 3.8) is 0 Å². The number of phenolic OH excluding ortho intramolecular Hbond substituents is 1. The van der Waals surface area contributed by atoms with Crippen LogP contribution in [0.25, 0.3) is 11.1 Å². The molecule has 0 saturated carbocycles. The van der Waals surface area contributed by atoms with E-state index in [4.69, 9.17) is 11.0 Å². The van der Waals surface area contributed by atoms with Gasteiger partial charge in [0.25, 0.3) is 5.56 Å². The minimum absolute atomic E-state index is 0.00124. The first kappa shape index (κ1) is 11.7. The number of nitrogens with zero attached hydrogens (tertiary/aromatic N) is 1. The summed E-state index contributed by atoms with van der Waals surface area (Å²) in [6.45, 7) is 1.74. The van der Waals surface area contributed by atoms with Crippen LogP contribution in [-0.4, -0.2) is 10.1 Å². The highest BCUT2D eigenvalue weighted by molar-refractivity contribution is 5.72. The Balaban J connectivity index is 2.67. The maximum atomic E-state index is 11.4. The second-order valence-electron chi connectivity index (χ2n) is 3.94. The largest absolute Gasteiger partial charge is 0.506 e. The molecule has 5 heteroatoms. The fourth-order valence-corrected chi connectivity index (χ4v) is 1.73. The van der Waals surface area contributed by atoms with E-state index in [1.807, 2.05) is 6.07 Å². The second-order valence-corrected chi connectivity index (χ2v) is 3.94. The zero-order valence-corrected chi connectivity index (χ0v) is 9.69. The molecule has 0 amide bonds. The molecule has 4 N–H and O–H groups in total. The summed E-state index contributed by atoms with van der Waals surface area (Å²) in [5.41, 5.74) is 7.58. The van der Waals surface area contributed by atoms with E-state index in [0.29, 0.717) is 11.3 Å². The van der Waals surface area contributed by atoms with Gasteiger partial charge in [-0.25, -0.2) is 0 Å². The van der Waals surface area contributed by atoms with Gasteiger partial charge in [0.15, 0.2) is 0 Å². The van der Waals surface area contributed by atoms with Gasteiger partial charge >= 0.3 is 0 Å². The molecule has 18 heavy (non-hydrogen) atoms. The van der Waals surface area contributed by atoms with Crippen LogP contribution in [0.2, 0.25) is 0 Å². The number of nitrogens with two attached hydrogens (primary N) is 1. The molecule has 0 atom stereocenters. The molecule has 1 heterocycles. The molecule has 0 bridgehead atoms. The zero-order valence-electron chi connectivity index (χ0n) is 9.69. The number of phenols is 1. The van der Waals surface area contributed by atoms with Crippen molar-refractivity contribution < 1.29 is 5.11 Å². The number of nitrogens with one attached hydrogen (secondary N) is 1. The van der Waals surface area contributed by atoms with E-state index in [0.717, 1.165) is 5.56 Å². The van der Waals surface area contributed by atoms with Crippen molar-refractivity contribution in [1.82, 2.24) is 4.98 Å². The fourth-order valence-electron chi connectivity index (χ4n) is 1.73. The van der Waals surface area contributed by atoms with Crippen molar-refractivity contribution in [2.45, 2.75) is 6.92 Å². The van der Waals surface area contributed by atoms with Gasteiger partial charge in [-0.1, -0.05) is 6.07 Å². The fraction of sp³-hybridized carbons (Fsp3) is 0.0769. The molecule has 1 aromatic heterocycles. The number of nitriles is 1. The number of aromatic nitrogens is 1. The summed E-state index contributed by atoms with van der Waals surface area (Å²) in [6.07, 6.45) is 0. The van der Waals surface area contributed by atoms with E-state index >= 15 is 0 Å². The summed E-state index contributed by atoms with van der Waals surface area (Å²) in [7, 11) is 0. The van der Waals surface area contributed by atoms with Gasteiger partial charge in [-0.05, 0) is 30.7 Å². The average molecular weight is 241 g/mol. The predicted molar refractivity (Wildman–Crippen MR) is 68.0 cm³/mol. The van der Waals surface area contributed by atoms with Gasteiger partial charge in [-0.15, -0.1) is 0 Å². The van der Waals surface area contributed by atoms with Crippen LogP contribution >= 0.6 is 0 Å². The van der Waals surface area contributed by atoms with Crippen LogP contribution in [0, 0.1) is 18.3 Å². The molecule has 0 unspecified atom stereocenters. The molecule has 2 rings (SSSR count). The number of H-pyrrole nitrogens is 1. The lowest BCUT2D eigenvalue weighted by Gasteiger charge is -2.08. The monoisotopic (exact) mass is 241 g/mol. The Morgan fingerprint density at radius 1 is 1.39 bits per heavy atom. The SMILES string of the molecule is Cc1[nH]c(=O)c(C#N)cc1-c1ccc(O)c(N)c1. The second kappa shape index (κ2) is 4.26. The number of aromatic amines is 1. The van der Waals surface area contributed by atoms with Crippen molar-refractivity contribution in [1.29, 1.82) is 5.26 Å². The van der Waals surface area contributed by atoms with Crippen LogP contribution in [0.3, 0.4) is 0 Å². The third-order valence-corrected chi connectivity index (χ3v) is 2.70. The van der Waals surface area contributed by atoms with E-state index in [9.17, 15) is 9.90 Å². The van der Waals surface area contributed by atoms with Crippen molar-refractivity contribution in [3.05, 3.63) is 45.9 Å². The standard InChI is InChI=1S/C13H11N3O2/c1-7-10(4-9(6-14)13(18)16-7)8-2-3-12(17)11(15)5-8/h2-5,17H,15H2,1H3,(H,16,18). The van der Waals surface area contributed by atoms with E-state index < -0.39 is 5.56 Å². The Labute approximate surface area is 103 Å². The molecule has 0 radical (unpaired) electrons. The van der Waals surface area contributed by atoms with Crippen molar-refractivity contribution in [2.75, 3.05) is 5.73 Å². The molecule has 5 nitrogen and oxygen atoms in total. The number of benzene rings is 1. The Morgan fingerprint density at radius 2 is 2.11 bits per heavy atom. The van der Waals surface area contributed by atoms with Crippen LogP contribution in [-0.2, 0) is 0 Å². The molecule has 0 aliphatic rings. The number of hydrogen-bond donors (Lipinski definition) is 3. The summed E-state index contributed by atoms with van der Waals surface area (Å²) in [5.74, 6) is 0.00124. The predicted octanol–water partition coefficient (Wildman–Crippen LogP) is 1.51. The van der Waals surface area contributed by atoms with Crippen molar-refractivity contribution in [3.8, 4) is 22.9 Å². The maximum absolute atomic E-state index is 11.4. The lowest BCUT2D eigenvalue weighted by atomic mass is 10.0. The third-order valence-electron chi connectivity index (χ3n) is 2.70. The first-order chi connectivity index (χ1) is 8.52. The number of anilines is 1. The third kappa shape index (κ3) is 1.92. The Hall–Kier alpha value is -2.74. The van der Waals surface area contributed by atoms with Gasteiger partial charge in [0, 0.05) is 11.3 Å². The Morgan fingerprint density at radius 3 is 2.72 bits per heavy atom. The van der Waals surface area contributed by atoms with E-state index in [-0.39, 0.29) is 17.0 Å². The number of hydrogen-bond acceptors (Lipinski definition) is 4. The summed E-state index contributed by atoms with van der Waals surface area (Å²) in [4.78, 5) is 14.0. The number of aromatic hydroxyl groups is 1. The van der Waals surface area contributed by atoms with Crippen LogP contribution in [0.4, 0.5) is 5.69 Å². The van der Waals surface area contributed by atoms with Crippen LogP contribution in [0.5, 0.6) is 5.75 Å². The lowest BCUT2D eigenvalue weighted by molar-refractivity contribution is 0.478. The van der Waals surface area contributed by atoms with Crippen molar-refractivity contribution in [2.24, 2.45) is 0 Å². The Bertz CT molecular complexity index is 711. The molecule has 2 aromatic rings. The van der Waals surface area contributed by atoms with Gasteiger partial charge in [0.2, 0.25) is 0 Å². The average Bonchev–Trinajstić information content (AvgIpc) is 2.33. The van der Waals surface area contributed by atoms with E-state index in [1.54, 1.807) is 19.1 Å². The number of nitrogen functional groups attached to an aromatic ring is 1. The molecular weight excluding hydrogens is 230 g/mol. The minimum Gasteiger partial charge on any atom is -0.506 e. The highest BCUT2D eigenvalue weighted by Crippen LogP contribution is 2.28. The van der Waals surface area contributed by atoms with Gasteiger partial charge in [-0.2, -0.15) is 5.26 Å². The van der Waals surface area contributed by atoms with Crippen LogP contribution in [0.1, 0.15) is 11.3 Å². The number of pyridine rings is 1. The van der Waals surface area contributed by atoms with Gasteiger partial charge in [0.05, 0.1) is 5.69 Å². The molecule has 0 spiro atoms. The highest BCUT2D eigenvalue weighted by Gasteiger charge is 2.08. The van der Waals surface area contributed by atoms with Crippen LogP contribution < -0.4 is 11.3 Å². The molecular formula is C13H11N3O2. The summed E-state index contributed by atoms with van der Waals surface area (Å²) in [5, 5.41) is 18.2. The summed E-state index contributed by atoms with van der Waals surface area (Å²) in [6, 6.07) is 8.09. The zero-order chi connectivity index (χ0) is 13.3. The summed E-state index contributed by atoms with van der Waals surface area (Å²) >= 11 is 0. The topological polar surface area (TPSA) is 103 Å². The number of rotatable bonds is 1. The van der Waals surface area contributed by atoms with Gasteiger partial charge in [-0.3, -0.25) is 4.79 Å². The molecule has 0 fully saturated rings. The molecule has 0 aliphatic heterocycles. The lowest BCUT2D eigenvalue weighted by Crippen LogP contribution is -2.11. The molecule has 0 aliphatic carbocycles. The van der Waals surface area contributed by atoms with Gasteiger partial charge < -0.3 is 15.8 Å². The van der Waals surface area contributed by atoms with Crippen molar-refractivity contribution >= 4 is 5.69 Å². The first-order valence-corrected chi connectivity index (χ1v) is 5.26. The molecule has 0 saturated heterocycles. The Kier molecular flexibility index (Phi) is 2.78. The molecule has 1 aromatic carbocycles.